The summed E-state index contributed by atoms with van der Waals surface area (Å²) in [6.45, 7) is 1.01. The Balaban J connectivity index is 1.40. The first-order valence-corrected chi connectivity index (χ1v) is 11.3. The molecule has 0 saturated carbocycles. The number of ether oxygens (including phenoxy) is 2. The molecular formula is C27H28N6O3. The van der Waals surface area contributed by atoms with E-state index in [-0.39, 0.29) is 24.4 Å². The molecule has 0 saturated heterocycles. The molecule has 9 heteroatoms. The number of aromatic nitrogens is 2. The lowest BCUT2D eigenvalue weighted by atomic mass is 10.0. The summed E-state index contributed by atoms with van der Waals surface area (Å²) < 4.78 is 11.1. The van der Waals surface area contributed by atoms with Crippen molar-refractivity contribution < 1.29 is 14.3 Å². The first-order chi connectivity index (χ1) is 17.5. The second kappa shape index (κ2) is 11.7. The van der Waals surface area contributed by atoms with Gasteiger partial charge in [-0.2, -0.15) is 4.98 Å². The van der Waals surface area contributed by atoms with Gasteiger partial charge in [0, 0.05) is 17.8 Å². The number of nitrogens with two attached hydrogens (primary N) is 2. The van der Waals surface area contributed by atoms with Gasteiger partial charge in [0.2, 0.25) is 5.95 Å². The molecule has 1 aromatic heterocycles. The Morgan fingerprint density at radius 1 is 0.889 bits per heavy atom. The zero-order chi connectivity index (χ0) is 25.3. The largest absolute Gasteiger partial charge is 0.497 e. The third-order valence-electron chi connectivity index (χ3n) is 5.40. The van der Waals surface area contributed by atoms with Crippen LogP contribution in [0.1, 0.15) is 16.8 Å². The minimum absolute atomic E-state index is 0.0838. The van der Waals surface area contributed by atoms with Gasteiger partial charge < -0.3 is 31.6 Å². The van der Waals surface area contributed by atoms with Crippen LogP contribution in [-0.2, 0) is 24.5 Å². The van der Waals surface area contributed by atoms with Crippen LogP contribution < -0.4 is 26.8 Å². The molecule has 0 atom stereocenters. The van der Waals surface area contributed by atoms with E-state index < -0.39 is 0 Å². The van der Waals surface area contributed by atoms with Crippen molar-refractivity contribution >= 4 is 23.5 Å². The minimum atomic E-state index is -0.323. The molecule has 36 heavy (non-hydrogen) atoms. The van der Waals surface area contributed by atoms with Gasteiger partial charge in [-0.25, -0.2) is 9.78 Å². The Hall–Kier alpha value is -4.63. The van der Waals surface area contributed by atoms with Crippen LogP contribution in [0, 0.1) is 0 Å². The molecule has 9 nitrogen and oxygen atoms in total. The number of hydrogen-bond donors (Lipinski definition) is 4. The molecule has 3 aromatic carbocycles. The number of amides is 2. The fourth-order valence-electron chi connectivity index (χ4n) is 3.67. The number of rotatable bonds is 9. The average molecular weight is 485 g/mol. The average Bonchev–Trinajstić information content (AvgIpc) is 2.89. The zero-order valence-electron chi connectivity index (χ0n) is 19.9. The molecule has 184 valence electrons. The summed E-state index contributed by atoms with van der Waals surface area (Å²) in [6.07, 6.45) is 0. The van der Waals surface area contributed by atoms with E-state index in [1.165, 1.54) is 0 Å². The number of methoxy groups -OCH3 is 1. The summed E-state index contributed by atoms with van der Waals surface area (Å²) in [4.78, 5) is 20.8. The zero-order valence-corrected chi connectivity index (χ0v) is 19.9. The lowest BCUT2D eigenvalue weighted by Gasteiger charge is -2.14. The fraction of sp³-hybridized carbons (Fsp3) is 0.148. The van der Waals surface area contributed by atoms with Gasteiger partial charge in [0.25, 0.3) is 0 Å². The SMILES string of the molecule is COc1cccc(CNC(=O)Nc2ccc(-c3c(N)nc(N)nc3COCc3ccccc3)cc2)c1. The second-order valence-corrected chi connectivity index (χ2v) is 8.00. The highest BCUT2D eigenvalue weighted by atomic mass is 16.5. The van der Waals surface area contributed by atoms with E-state index in [0.29, 0.717) is 30.1 Å². The smallest absolute Gasteiger partial charge is 0.319 e. The predicted molar refractivity (Wildman–Crippen MR) is 140 cm³/mol. The second-order valence-electron chi connectivity index (χ2n) is 8.00. The van der Waals surface area contributed by atoms with E-state index in [1.807, 2.05) is 66.7 Å². The molecule has 1 heterocycles. The first kappa shape index (κ1) is 24.5. The molecule has 0 aliphatic carbocycles. The van der Waals surface area contributed by atoms with Crippen LogP contribution in [0.4, 0.5) is 22.2 Å². The topological polar surface area (TPSA) is 137 Å². The maximum absolute atomic E-state index is 12.4. The number of carbonyl (C=O) groups is 1. The third kappa shape index (κ3) is 6.49. The Kier molecular flexibility index (Phi) is 7.94. The molecule has 0 bridgehead atoms. The quantitative estimate of drug-likeness (QED) is 0.277. The van der Waals surface area contributed by atoms with Crippen LogP contribution in [0.15, 0.2) is 78.9 Å². The van der Waals surface area contributed by atoms with E-state index in [0.717, 1.165) is 22.4 Å². The van der Waals surface area contributed by atoms with E-state index in [4.69, 9.17) is 20.9 Å². The van der Waals surface area contributed by atoms with Gasteiger partial charge >= 0.3 is 6.03 Å². The molecule has 4 rings (SSSR count). The van der Waals surface area contributed by atoms with Gasteiger partial charge in [0.1, 0.15) is 11.6 Å². The van der Waals surface area contributed by atoms with Crippen molar-refractivity contribution in [2.75, 3.05) is 23.9 Å². The molecule has 0 unspecified atom stereocenters. The first-order valence-electron chi connectivity index (χ1n) is 11.3. The van der Waals surface area contributed by atoms with Crippen LogP contribution in [0.2, 0.25) is 0 Å². The van der Waals surface area contributed by atoms with Gasteiger partial charge in [0.15, 0.2) is 0 Å². The molecule has 4 aromatic rings. The number of urea groups is 1. The van der Waals surface area contributed by atoms with Crippen molar-refractivity contribution in [2.45, 2.75) is 19.8 Å². The number of nitrogens with one attached hydrogen (secondary N) is 2. The molecule has 0 radical (unpaired) electrons. The monoisotopic (exact) mass is 484 g/mol. The van der Waals surface area contributed by atoms with Gasteiger partial charge in [-0.05, 0) is 41.0 Å². The van der Waals surface area contributed by atoms with Crippen molar-refractivity contribution in [3.8, 4) is 16.9 Å². The van der Waals surface area contributed by atoms with E-state index in [2.05, 4.69) is 20.6 Å². The number of benzene rings is 3. The van der Waals surface area contributed by atoms with Gasteiger partial charge in [-0.3, -0.25) is 0 Å². The van der Waals surface area contributed by atoms with Crippen LogP contribution >= 0.6 is 0 Å². The number of nitrogen functional groups attached to an aromatic ring is 2. The predicted octanol–water partition coefficient (Wildman–Crippen LogP) is 4.36. The van der Waals surface area contributed by atoms with Gasteiger partial charge in [-0.1, -0.05) is 54.6 Å². The van der Waals surface area contributed by atoms with Crippen molar-refractivity contribution in [1.29, 1.82) is 0 Å². The lowest BCUT2D eigenvalue weighted by molar-refractivity contribution is 0.105. The molecule has 0 aliphatic rings. The maximum Gasteiger partial charge on any atom is 0.319 e. The van der Waals surface area contributed by atoms with E-state index >= 15 is 0 Å². The van der Waals surface area contributed by atoms with E-state index in [9.17, 15) is 4.79 Å². The summed E-state index contributed by atoms with van der Waals surface area (Å²) in [7, 11) is 1.60. The third-order valence-corrected chi connectivity index (χ3v) is 5.40. The summed E-state index contributed by atoms with van der Waals surface area (Å²) in [5.41, 5.74) is 16.7. The molecule has 2 amide bonds. The highest BCUT2D eigenvalue weighted by Gasteiger charge is 2.14. The summed E-state index contributed by atoms with van der Waals surface area (Å²) in [5, 5.41) is 5.65. The molecule has 0 fully saturated rings. The number of carbonyl (C=O) groups excluding carboxylic acids is 1. The van der Waals surface area contributed by atoms with Crippen molar-refractivity contribution in [3.05, 3.63) is 95.7 Å². The standard InChI is InChI=1S/C27H28N6O3/c1-35-22-9-5-8-19(14-22)15-30-27(34)31-21-12-10-20(11-13-21)24-23(32-26(29)33-25(24)28)17-36-16-18-6-3-2-4-7-18/h2-14H,15-17H2,1H3,(H2,30,31,34)(H4,28,29,32,33). The van der Waals surface area contributed by atoms with Gasteiger partial charge in [0.05, 0.1) is 26.0 Å². The molecule has 6 N–H and O–H groups in total. The highest BCUT2D eigenvalue weighted by molar-refractivity contribution is 5.89. The van der Waals surface area contributed by atoms with Crippen molar-refractivity contribution in [1.82, 2.24) is 15.3 Å². The van der Waals surface area contributed by atoms with Crippen LogP contribution in [0.5, 0.6) is 5.75 Å². The fourth-order valence-corrected chi connectivity index (χ4v) is 3.67. The number of hydrogen-bond acceptors (Lipinski definition) is 7. The minimum Gasteiger partial charge on any atom is -0.497 e. The Bertz CT molecular complexity index is 1310. The van der Waals surface area contributed by atoms with Crippen LogP contribution in [-0.4, -0.2) is 23.1 Å². The molecular weight excluding hydrogens is 456 g/mol. The molecule has 0 spiro atoms. The Morgan fingerprint density at radius 2 is 1.64 bits per heavy atom. The van der Waals surface area contributed by atoms with E-state index in [1.54, 1.807) is 19.2 Å². The Labute approximate surface area is 209 Å². The maximum atomic E-state index is 12.4. The summed E-state index contributed by atoms with van der Waals surface area (Å²) in [5.74, 6) is 1.08. The Morgan fingerprint density at radius 3 is 2.39 bits per heavy atom. The summed E-state index contributed by atoms with van der Waals surface area (Å²) >= 11 is 0. The number of nitrogens with zero attached hydrogens (tertiary/aromatic N) is 2. The highest BCUT2D eigenvalue weighted by Crippen LogP contribution is 2.30. The summed E-state index contributed by atoms with van der Waals surface area (Å²) in [6, 6.07) is 24.3. The van der Waals surface area contributed by atoms with Crippen molar-refractivity contribution in [2.24, 2.45) is 0 Å². The number of anilines is 3. The lowest BCUT2D eigenvalue weighted by Crippen LogP contribution is -2.28. The van der Waals surface area contributed by atoms with Gasteiger partial charge in [-0.15, -0.1) is 0 Å². The molecule has 0 aliphatic heterocycles. The van der Waals surface area contributed by atoms with Crippen LogP contribution in [0.3, 0.4) is 0 Å². The van der Waals surface area contributed by atoms with Crippen molar-refractivity contribution in [3.63, 3.8) is 0 Å². The van der Waals surface area contributed by atoms with Crippen LogP contribution in [0.25, 0.3) is 11.1 Å². The normalized spacial score (nSPS) is 10.6.